The first-order valence-electron chi connectivity index (χ1n) is 22.1. The summed E-state index contributed by atoms with van der Waals surface area (Å²) >= 11 is 0. The summed E-state index contributed by atoms with van der Waals surface area (Å²) < 4.78 is 10.2. The number of hydrogen-bond donors (Lipinski definition) is 0. The average molecular weight is 679 g/mol. The van der Waals surface area contributed by atoms with Gasteiger partial charge in [0.1, 0.15) is 0 Å². The normalized spacial score (nSPS) is 11.3. The third kappa shape index (κ3) is 39.4. The highest BCUT2D eigenvalue weighted by atomic mass is 16.6. The van der Waals surface area contributed by atoms with Gasteiger partial charge in [0.15, 0.2) is 0 Å². The predicted molar refractivity (Wildman–Crippen MR) is 209 cm³/mol. The Morgan fingerprint density at radius 3 is 0.562 bits per heavy atom. The van der Waals surface area contributed by atoms with Gasteiger partial charge in [0.25, 0.3) is 0 Å². The second kappa shape index (κ2) is 42.1. The molecule has 0 atom stereocenters. The van der Waals surface area contributed by atoms with Crippen LogP contribution in [0, 0.1) is 0 Å². The molecule has 0 rings (SSSR count). The zero-order valence-corrected chi connectivity index (χ0v) is 32.9. The highest BCUT2D eigenvalue weighted by Crippen LogP contribution is 2.16. The fourth-order valence-corrected chi connectivity index (χ4v) is 6.81. The first-order chi connectivity index (χ1) is 23.7. The molecule has 0 aromatic heterocycles. The van der Waals surface area contributed by atoms with Crippen molar-refractivity contribution in [1.29, 1.82) is 0 Å². The number of ether oxygens (including phenoxy) is 2. The molecule has 0 bridgehead atoms. The zero-order chi connectivity index (χ0) is 34.9. The van der Waals surface area contributed by atoms with E-state index in [1.807, 2.05) is 0 Å². The molecule has 0 spiro atoms. The fourth-order valence-electron chi connectivity index (χ4n) is 6.81. The summed E-state index contributed by atoms with van der Waals surface area (Å²) in [6, 6.07) is 0. The van der Waals surface area contributed by atoms with Gasteiger partial charge >= 0.3 is 11.9 Å². The van der Waals surface area contributed by atoms with Crippen molar-refractivity contribution in [2.75, 3.05) is 13.2 Å². The molecule has 0 aliphatic rings. The van der Waals surface area contributed by atoms with Crippen LogP contribution in [-0.4, -0.2) is 25.2 Å². The Hall–Kier alpha value is -1.06. The molecule has 0 aromatic rings. The SMILES string of the molecule is CCCCCCCCCCCCCCCCCCCCCOC(=O)C(=O)OCCCCCCCCCCCCCCCCCCCCC. The van der Waals surface area contributed by atoms with E-state index in [9.17, 15) is 9.59 Å². The lowest BCUT2D eigenvalue weighted by molar-refractivity contribution is -0.167. The maximum atomic E-state index is 11.9. The van der Waals surface area contributed by atoms with Gasteiger partial charge in [-0.1, -0.05) is 245 Å². The van der Waals surface area contributed by atoms with Crippen LogP contribution >= 0.6 is 0 Å². The van der Waals surface area contributed by atoms with E-state index in [0.29, 0.717) is 13.2 Å². The molecular formula is C44H86O4. The Morgan fingerprint density at radius 1 is 0.250 bits per heavy atom. The standard InChI is InChI=1S/C44H86O4/c1-3-5-7-9-11-13-15-17-19-21-23-25-27-29-31-33-35-37-39-41-47-43(45)44(46)48-42-40-38-36-34-32-30-28-26-24-22-20-18-16-14-12-10-8-6-4-2/h3-42H2,1-2H3. The smallest absolute Gasteiger partial charge is 0.417 e. The molecule has 4 nitrogen and oxygen atoms in total. The molecule has 4 heteroatoms. The molecule has 0 radical (unpaired) electrons. The quantitative estimate of drug-likeness (QED) is 0.0368. The minimum atomic E-state index is -0.824. The second-order valence-electron chi connectivity index (χ2n) is 15.0. The van der Waals surface area contributed by atoms with Gasteiger partial charge in [-0.3, -0.25) is 0 Å². The minimum Gasteiger partial charge on any atom is -0.457 e. The van der Waals surface area contributed by atoms with Crippen molar-refractivity contribution in [3.63, 3.8) is 0 Å². The van der Waals surface area contributed by atoms with Crippen LogP contribution in [0.5, 0.6) is 0 Å². The fraction of sp³-hybridized carbons (Fsp3) is 0.955. The Labute approximate surface area is 301 Å². The van der Waals surface area contributed by atoms with E-state index in [1.54, 1.807) is 0 Å². The third-order valence-electron chi connectivity index (χ3n) is 10.1. The Balaban J connectivity index is 3.25. The van der Waals surface area contributed by atoms with E-state index in [2.05, 4.69) is 13.8 Å². The van der Waals surface area contributed by atoms with Crippen LogP contribution < -0.4 is 0 Å². The zero-order valence-electron chi connectivity index (χ0n) is 32.9. The van der Waals surface area contributed by atoms with Gasteiger partial charge in [-0.2, -0.15) is 0 Å². The molecule has 286 valence electrons. The van der Waals surface area contributed by atoms with Crippen LogP contribution in [0.2, 0.25) is 0 Å². The predicted octanol–water partition coefficient (Wildman–Crippen LogP) is 14.9. The first kappa shape index (κ1) is 46.9. The van der Waals surface area contributed by atoms with Crippen LogP contribution in [-0.2, 0) is 19.1 Å². The molecule has 0 fully saturated rings. The van der Waals surface area contributed by atoms with Crippen LogP contribution in [0.15, 0.2) is 0 Å². The van der Waals surface area contributed by atoms with E-state index in [-0.39, 0.29) is 0 Å². The van der Waals surface area contributed by atoms with E-state index < -0.39 is 11.9 Å². The molecule has 0 saturated heterocycles. The largest absolute Gasteiger partial charge is 0.457 e. The van der Waals surface area contributed by atoms with Gasteiger partial charge in [-0.15, -0.1) is 0 Å². The van der Waals surface area contributed by atoms with Gasteiger partial charge < -0.3 is 9.47 Å². The van der Waals surface area contributed by atoms with Crippen LogP contribution in [0.4, 0.5) is 0 Å². The Morgan fingerprint density at radius 2 is 0.396 bits per heavy atom. The van der Waals surface area contributed by atoms with Crippen molar-refractivity contribution < 1.29 is 19.1 Å². The van der Waals surface area contributed by atoms with Gasteiger partial charge in [0.05, 0.1) is 13.2 Å². The molecule has 0 amide bonds. The molecule has 0 aromatic carbocycles. The van der Waals surface area contributed by atoms with E-state index in [4.69, 9.17) is 9.47 Å². The maximum Gasteiger partial charge on any atom is 0.417 e. The molecule has 0 aliphatic heterocycles. The molecule has 0 aliphatic carbocycles. The summed E-state index contributed by atoms with van der Waals surface area (Å²) in [5.41, 5.74) is 0. The van der Waals surface area contributed by atoms with Gasteiger partial charge in [0.2, 0.25) is 0 Å². The monoisotopic (exact) mass is 679 g/mol. The molecule has 0 N–H and O–H groups in total. The van der Waals surface area contributed by atoms with Crippen molar-refractivity contribution in [2.24, 2.45) is 0 Å². The van der Waals surface area contributed by atoms with Crippen LogP contribution in [0.3, 0.4) is 0 Å². The summed E-state index contributed by atoms with van der Waals surface area (Å²) in [5.74, 6) is -1.65. The third-order valence-corrected chi connectivity index (χ3v) is 10.1. The van der Waals surface area contributed by atoms with Gasteiger partial charge in [-0.05, 0) is 12.8 Å². The topological polar surface area (TPSA) is 52.6 Å². The highest BCUT2D eigenvalue weighted by Gasteiger charge is 2.16. The van der Waals surface area contributed by atoms with Crippen molar-refractivity contribution in [1.82, 2.24) is 0 Å². The molecule has 48 heavy (non-hydrogen) atoms. The van der Waals surface area contributed by atoms with Crippen molar-refractivity contribution >= 4 is 11.9 Å². The average Bonchev–Trinajstić information content (AvgIpc) is 3.09. The number of hydrogen-bond acceptors (Lipinski definition) is 4. The summed E-state index contributed by atoms with van der Waals surface area (Å²) in [6.07, 6.45) is 50.8. The lowest BCUT2D eigenvalue weighted by Crippen LogP contribution is -2.21. The van der Waals surface area contributed by atoms with Gasteiger partial charge in [0, 0.05) is 0 Å². The van der Waals surface area contributed by atoms with Crippen molar-refractivity contribution in [3.05, 3.63) is 0 Å². The number of carbonyl (C=O) groups is 2. The number of rotatable bonds is 40. The minimum absolute atomic E-state index is 0.325. The van der Waals surface area contributed by atoms with E-state index >= 15 is 0 Å². The lowest BCUT2D eigenvalue weighted by Gasteiger charge is -2.06. The Kier molecular flexibility index (Phi) is 41.2. The number of esters is 2. The summed E-state index contributed by atoms with van der Waals surface area (Å²) in [5, 5.41) is 0. The number of unbranched alkanes of at least 4 members (excludes halogenated alkanes) is 36. The molecule has 0 heterocycles. The molecular weight excluding hydrogens is 592 g/mol. The summed E-state index contributed by atoms with van der Waals surface area (Å²) in [7, 11) is 0. The van der Waals surface area contributed by atoms with E-state index in [0.717, 1.165) is 25.7 Å². The van der Waals surface area contributed by atoms with Crippen molar-refractivity contribution in [3.8, 4) is 0 Å². The molecule has 0 unspecified atom stereocenters. The lowest BCUT2D eigenvalue weighted by atomic mass is 10.0. The maximum absolute atomic E-state index is 11.9. The summed E-state index contributed by atoms with van der Waals surface area (Å²) in [6.45, 7) is 5.22. The van der Waals surface area contributed by atoms with Crippen LogP contribution in [0.1, 0.15) is 258 Å². The van der Waals surface area contributed by atoms with Gasteiger partial charge in [-0.25, -0.2) is 9.59 Å². The first-order valence-corrected chi connectivity index (χ1v) is 22.1. The summed E-state index contributed by atoms with van der Waals surface area (Å²) in [4.78, 5) is 23.7. The number of carbonyl (C=O) groups excluding carboxylic acids is 2. The van der Waals surface area contributed by atoms with Crippen LogP contribution in [0.25, 0.3) is 0 Å². The highest BCUT2D eigenvalue weighted by molar-refractivity contribution is 6.29. The Bertz CT molecular complexity index is 579. The molecule has 0 saturated carbocycles. The van der Waals surface area contributed by atoms with Crippen molar-refractivity contribution in [2.45, 2.75) is 258 Å². The second-order valence-corrected chi connectivity index (χ2v) is 15.0. The van der Waals surface area contributed by atoms with E-state index in [1.165, 1.54) is 218 Å².